The standard InChI is InChI=1S/C23H26N2O2S/c1-19(20-11-5-2-6-12-20)17-24-18-23(21-13-7-3-8-14-21)25-28(26,27)22-15-9-4-10-16-22/h2-16,19,23-25H,17-18H2,1H3/p+1/t19-,23+/m0/s1. The minimum Gasteiger partial charge on any atom is -0.344 e. The molecule has 0 spiro atoms. The van der Waals surface area contributed by atoms with Gasteiger partial charge in [-0.25, -0.2) is 8.42 Å². The fourth-order valence-electron chi connectivity index (χ4n) is 3.22. The van der Waals surface area contributed by atoms with Gasteiger partial charge < -0.3 is 5.32 Å². The molecular weight excluding hydrogens is 368 g/mol. The summed E-state index contributed by atoms with van der Waals surface area (Å²) in [4.78, 5) is 0.286. The van der Waals surface area contributed by atoms with E-state index in [0.717, 1.165) is 12.1 Å². The van der Waals surface area contributed by atoms with E-state index in [2.05, 4.69) is 29.1 Å². The lowest BCUT2D eigenvalue weighted by Crippen LogP contribution is -2.86. The molecule has 0 aliphatic heterocycles. The van der Waals surface area contributed by atoms with E-state index in [1.165, 1.54) is 5.56 Å². The number of rotatable bonds is 9. The molecule has 146 valence electrons. The first kappa shape index (κ1) is 20.3. The minimum absolute atomic E-state index is 0.286. The zero-order chi connectivity index (χ0) is 19.8. The largest absolute Gasteiger partial charge is 0.344 e. The topological polar surface area (TPSA) is 62.8 Å². The highest BCUT2D eigenvalue weighted by atomic mass is 32.2. The molecule has 0 fully saturated rings. The summed E-state index contributed by atoms with van der Waals surface area (Å²) in [6.07, 6.45) is 0. The summed E-state index contributed by atoms with van der Waals surface area (Å²) in [5, 5.41) is 2.18. The molecule has 3 aromatic carbocycles. The van der Waals surface area contributed by atoms with Gasteiger partial charge in [0.05, 0.1) is 24.0 Å². The first-order valence-corrected chi connectivity index (χ1v) is 11.0. The molecular formula is C23H27N2O2S+. The maximum absolute atomic E-state index is 12.8. The van der Waals surface area contributed by atoms with Crippen LogP contribution in [0.25, 0.3) is 0 Å². The molecule has 0 aliphatic carbocycles. The summed E-state index contributed by atoms with van der Waals surface area (Å²) in [5.74, 6) is 0.392. The van der Waals surface area contributed by atoms with E-state index in [1.807, 2.05) is 54.6 Å². The van der Waals surface area contributed by atoms with Gasteiger partial charge in [0, 0.05) is 5.92 Å². The highest BCUT2D eigenvalue weighted by Gasteiger charge is 2.23. The van der Waals surface area contributed by atoms with Crippen LogP contribution >= 0.6 is 0 Å². The molecule has 3 aromatic rings. The third-order valence-corrected chi connectivity index (χ3v) is 6.33. The van der Waals surface area contributed by atoms with E-state index >= 15 is 0 Å². The van der Waals surface area contributed by atoms with Crippen LogP contribution in [0.3, 0.4) is 0 Å². The van der Waals surface area contributed by atoms with Gasteiger partial charge in [-0.2, -0.15) is 4.72 Å². The number of sulfonamides is 1. The normalized spacial score (nSPS) is 13.8. The molecule has 0 aromatic heterocycles. The van der Waals surface area contributed by atoms with E-state index in [9.17, 15) is 8.42 Å². The van der Waals surface area contributed by atoms with Crippen LogP contribution in [0.1, 0.15) is 30.0 Å². The molecule has 0 amide bonds. The van der Waals surface area contributed by atoms with Crippen LogP contribution in [-0.2, 0) is 10.0 Å². The van der Waals surface area contributed by atoms with Gasteiger partial charge in [0.25, 0.3) is 0 Å². The van der Waals surface area contributed by atoms with Crippen molar-refractivity contribution >= 4 is 10.0 Å². The Morgan fingerprint density at radius 1 is 0.750 bits per heavy atom. The summed E-state index contributed by atoms with van der Waals surface area (Å²) < 4.78 is 28.5. The van der Waals surface area contributed by atoms with Gasteiger partial charge in [-0.05, 0) is 23.3 Å². The Hall–Kier alpha value is -2.47. The fraction of sp³-hybridized carbons (Fsp3) is 0.217. The van der Waals surface area contributed by atoms with Crippen LogP contribution in [0.4, 0.5) is 0 Å². The van der Waals surface area contributed by atoms with Crippen molar-refractivity contribution in [3.05, 3.63) is 102 Å². The Labute approximate surface area is 167 Å². The summed E-state index contributed by atoms with van der Waals surface area (Å²) in [6.45, 7) is 3.71. The van der Waals surface area contributed by atoms with Crippen LogP contribution in [0.5, 0.6) is 0 Å². The van der Waals surface area contributed by atoms with Crippen LogP contribution in [-0.4, -0.2) is 21.5 Å². The maximum atomic E-state index is 12.8. The summed E-state index contributed by atoms with van der Waals surface area (Å²) in [5.41, 5.74) is 2.26. The van der Waals surface area contributed by atoms with Gasteiger partial charge in [-0.3, -0.25) is 0 Å². The maximum Gasteiger partial charge on any atom is 0.241 e. The quantitative estimate of drug-likeness (QED) is 0.585. The molecule has 3 rings (SSSR count). The second-order valence-electron chi connectivity index (χ2n) is 6.97. The summed E-state index contributed by atoms with van der Waals surface area (Å²) in [6, 6.07) is 28.3. The highest BCUT2D eigenvalue weighted by Crippen LogP contribution is 2.16. The molecule has 0 bridgehead atoms. The van der Waals surface area contributed by atoms with E-state index in [4.69, 9.17) is 0 Å². The Morgan fingerprint density at radius 2 is 1.25 bits per heavy atom. The van der Waals surface area contributed by atoms with Gasteiger partial charge in [0.1, 0.15) is 0 Å². The number of benzene rings is 3. The highest BCUT2D eigenvalue weighted by molar-refractivity contribution is 7.89. The first-order valence-electron chi connectivity index (χ1n) is 9.55. The minimum atomic E-state index is -3.58. The lowest BCUT2D eigenvalue weighted by molar-refractivity contribution is -0.659. The average molecular weight is 396 g/mol. The van der Waals surface area contributed by atoms with Crippen LogP contribution < -0.4 is 10.0 Å². The monoisotopic (exact) mass is 395 g/mol. The Kier molecular flexibility index (Phi) is 6.98. The van der Waals surface area contributed by atoms with Crippen molar-refractivity contribution in [2.75, 3.05) is 13.1 Å². The number of quaternary nitrogens is 1. The molecule has 28 heavy (non-hydrogen) atoms. The van der Waals surface area contributed by atoms with Gasteiger partial charge in [-0.1, -0.05) is 85.8 Å². The van der Waals surface area contributed by atoms with Crippen molar-refractivity contribution in [2.45, 2.75) is 23.8 Å². The molecule has 0 radical (unpaired) electrons. The Balaban J connectivity index is 1.70. The van der Waals surface area contributed by atoms with E-state index in [0.29, 0.717) is 12.5 Å². The molecule has 5 heteroatoms. The van der Waals surface area contributed by atoms with Gasteiger partial charge in [-0.15, -0.1) is 0 Å². The lowest BCUT2D eigenvalue weighted by Gasteiger charge is -2.19. The molecule has 2 atom stereocenters. The number of nitrogens with one attached hydrogen (secondary N) is 1. The smallest absolute Gasteiger partial charge is 0.241 e. The Bertz CT molecular complexity index is 946. The predicted octanol–water partition coefficient (Wildman–Crippen LogP) is 3.07. The molecule has 0 unspecified atom stereocenters. The molecule has 3 N–H and O–H groups in total. The van der Waals surface area contributed by atoms with E-state index in [1.54, 1.807) is 24.3 Å². The van der Waals surface area contributed by atoms with Crippen LogP contribution in [0.15, 0.2) is 95.9 Å². The lowest BCUT2D eigenvalue weighted by atomic mass is 10.0. The van der Waals surface area contributed by atoms with Crippen molar-refractivity contribution in [3.63, 3.8) is 0 Å². The molecule has 4 nitrogen and oxygen atoms in total. The van der Waals surface area contributed by atoms with Gasteiger partial charge in [0.15, 0.2) is 0 Å². The zero-order valence-corrected chi connectivity index (χ0v) is 16.8. The van der Waals surface area contributed by atoms with Crippen molar-refractivity contribution in [1.29, 1.82) is 0 Å². The first-order chi connectivity index (χ1) is 13.6. The molecule has 0 saturated carbocycles. The fourth-order valence-corrected chi connectivity index (χ4v) is 4.48. The van der Waals surface area contributed by atoms with Crippen LogP contribution in [0.2, 0.25) is 0 Å². The molecule has 0 heterocycles. The van der Waals surface area contributed by atoms with Crippen molar-refractivity contribution in [3.8, 4) is 0 Å². The average Bonchev–Trinajstić information content (AvgIpc) is 2.75. The van der Waals surface area contributed by atoms with Gasteiger partial charge >= 0.3 is 0 Å². The van der Waals surface area contributed by atoms with Crippen molar-refractivity contribution in [1.82, 2.24) is 4.72 Å². The van der Waals surface area contributed by atoms with E-state index in [-0.39, 0.29) is 10.9 Å². The summed E-state index contributed by atoms with van der Waals surface area (Å²) >= 11 is 0. The molecule has 0 saturated heterocycles. The number of nitrogens with two attached hydrogens (primary N) is 1. The third-order valence-electron chi connectivity index (χ3n) is 4.84. The molecule has 0 aliphatic rings. The number of hydrogen-bond acceptors (Lipinski definition) is 2. The van der Waals surface area contributed by atoms with Crippen molar-refractivity contribution < 1.29 is 13.7 Å². The van der Waals surface area contributed by atoms with E-state index < -0.39 is 10.0 Å². The second kappa shape index (κ2) is 9.64. The predicted molar refractivity (Wildman–Crippen MR) is 112 cm³/mol. The van der Waals surface area contributed by atoms with Crippen LogP contribution in [0, 0.1) is 0 Å². The Morgan fingerprint density at radius 3 is 1.82 bits per heavy atom. The zero-order valence-electron chi connectivity index (χ0n) is 16.0. The van der Waals surface area contributed by atoms with Gasteiger partial charge in [0.2, 0.25) is 10.0 Å². The number of hydrogen-bond donors (Lipinski definition) is 2. The van der Waals surface area contributed by atoms with Crippen molar-refractivity contribution in [2.24, 2.45) is 0 Å². The second-order valence-corrected chi connectivity index (χ2v) is 8.68. The third kappa shape index (κ3) is 5.52. The summed E-state index contributed by atoms with van der Waals surface area (Å²) in [7, 11) is -3.58. The SMILES string of the molecule is C[C@@H](C[NH2+]C[C@@H](NS(=O)(=O)c1ccccc1)c1ccccc1)c1ccccc1.